The summed E-state index contributed by atoms with van der Waals surface area (Å²) in [6.07, 6.45) is 0.778. The largest absolute Gasteiger partial charge is 0.339 e. The maximum Gasteiger partial charge on any atom is 0.226 e. The van der Waals surface area contributed by atoms with Crippen LogP contribution in [0.1, 0.15) is 12.8 Å². The molecule has 0 spiro atoms. The van der Waals surface area contributed by atoms with Crippen LogP contribution in [0.3, 0.4) is 0 Å². The van der Waals surface area contributed by atoms with Crippen molar-refractivity contribution < 1.29 is 4.52 Å². The first-order chi connectivity index (χ1) is 7.81. The van der Waals surface area contributed by atoms with Crippen molar-refractivity contribution in [3.8, 4) is 11.4 Å². The molecule has 0 saturated carbocycles. The Balaban J connectivity index is 0.000000386. The number of aryl methyl sites for hydroxylation is 1. The molecular formula is C12H17N3O. The van der Waals surface area contributed by atoms with Gasteiger partial charge in [0, 0.05) is 12.0 Å². The fourth-order valence-electron chi connectivity index (χ4n) is 1.10. The molecule has 0 aliphatic carbocycles. The molecule has 4 heteroatoms. The first-order valence-corrected chi connectivity index (χ1v) is 5.28. The van der Waals surface area contributed by atoms with Crippen LogP contribution in [0.4, 0.5) is 0 Å². The van der Waals surface area contributed by atoms with E-state index in [0.29, 0.717) is 11.7 Å². The predicted molar refractivity (Wildman–Crippen MR) is 64.1 cm³/mol. The van der Waals surface area contributed by atoms with E-state index in [2.05, 4.69) is 15.5 Å². The van der Waals surface area contributed by atoms with Crippen molar-refractivity contribution in [2.24, 2.45) is 0 Å². The molecule has 0 radical (unpaired) electrons. The Kier molecular flexibility index (Phi) is 5.22. The molecule has 0 aliphatic heterocycles. The predicted octanol–water partition coefficient (Wildman–Crippen LogP) is 2.13. The van der Waals surface area contributed by atoms with Crippen molar-refractivity contribution in [2.45, 2.75) is 13.3 Å². The first kappa shape index (κ1) is 12.4. The van der Waals surface area contributed by atoms with Crippen LogP contribution in [-0.4, -0.2) is 24.2 Å². The molecule has 16 heavy (non-hydrogen) atoms. The van der Waals surface area contributed by atoms with E-state index in [-0.39, 0.29) is 0 Å². The zero-order valence-electron chi connectivity index (χ0n) is 9.90. The van der Waals surface area contributed by atoms with Gasteiger partial charge in [0.2, 0.25) is 11.7 Å². The zero-order valence-corrected chi connectivity index (χ0v) is 9.90. The summed E-state index contributed by atoms with van der Waals surface area (Å²) >= 11 is 0. The first-order valence-electron chi connectivity index (χ1n) is 5.28. The second kappa shape index (κ2) is 6.74. The summed E-state index contributed by atoms with van der Waals surface area (Å²) < 4.78 is 5.01. The maximum atomic E-state index is 5.01. The molecule has 2 rings (SSSR count). The van der Waals surface area contributed by atoms with Crippen molar-refractivity contribution >= 4 is 0 Å². The van der Waals surface area contributed by atoms with Crippen LogP contribution in [0.25, 0.3) is 11.4 Å². The molecule has 1 heterocycles. The minimum Gasteiger partial charge on any atom is -0.339 e. The quantitative estimate of drug-likeness (QED) is 0.840. The van der Waals surface area contributed by atoms with E-state index in [1.54, 1.807) is 0 Å². The van der Waals surface area contributed by atoms with E-state index in [0.717, 1.165) is 12.0 Å². The van der Waals surface area contributed by atoms with E-state index in [1.807, 2.05) is 51.4 Å². The van der Waals surface area contributed by atoms with Crippen LogP contribution in [0.15, 0.2) is 34.9 Å². The van der Waals surface area contributed by atoms with Crippen molar-refractivity contribution in [3.63, 3.8) is 0 Å². The Bertz CT molecular complexity index is 398. The highest BCUT2D eigenvalue weighted by Gasteiger charge is 2.05. The highest BCUT2D eigenvalue weighted by Crippen LogP contribution is 2.14. The van der Waals surface area contributed by atoms with E-state index in [1.165, 1.54) is 0 Å². The number of aromatic nitrogens is 2. The Morgan fingerprint density at radius 3 is 2.31 bits per heavy atom. The summed E-state index contributed by atoms with van der Waals surface area (Å²) in [7, 11) is 3.75. The van der Waals surface area contributed by atoms with Crippen molar-refractivity contribution in [2.75, 3.05) is 14.1 Å². The lowest BCUT2D eigenvalue weighted by Crippen LogP contribution is -1.89. The Labute approximate surface area is 95.7 Å². The van der Waals surface area contributed by atoms with Gasteiger partial charge < -0.3 is 9.84 Å². The number of rotatable bonds is 2. The average molecular weight is 219 g/mol. The fourth-order valence-corrected chi connectivity index (χ4v) is 1.10. The highest BCUT2D eigenvalue weighted by molar-refractivity contribution is 5.53. The number of hydrogen-bond donors (Lipinski definition) is 1. The normalized spacial score (nSPS) is 9.44. The van der Waals surface area contributed by atoms with Gasteiger partial charge in [-0.2, -0.15) is 4.98 Å². The molecule has 0 unspecified atom stereocenters. The summed E-state index contributed by atoms with van der Waals surface area (Å²) in [4.78, 5) is 4.22. The van der Waals surface area contributed by atoms with Crippen LogP contribution < -0.4 is 5.32 Å². The van der Waals surface area contributed by atoms with Crippen molar-refractivity contribution in [1.29, 1.82) is 0 Å². The van der Waals surface area contributed by atoms with Gasteiger partial charge in [-0.1, -0.05) is 42.4 Å². The number of hydrogen-bond acceptors (Lipinski definition) is 4. The van der Waals surface area contributed by atoms with Gasteiger partial charge in [-0.15, -0.1) is 0 Å². The molecule has 0 fully saturated rings. The van der Waals surface area contributed by atoms with Gasteiger partial charge in [0.15, 0.2) is 0 Å². The summed E-state index contributed by atoms with van der Waals surface area (Å²) in [6, 6.07) is 9.80. The second-order valence-electron chi connectivity index (χ2n) is 3.23. The summed E-state index contributed by atoms with van der Waals surface area (Å²) in [5.41, 5.74) is 0.992. The molecule has 86 valence electrons. The van der Waals surface area contributed by atoms with Gasteiger partial charge in [0.05, 0.1) is 0 Å². The molecule has 0 atom stereocenters. The molecule has 0 aliphatic rings. The number of nitrogens with zero attached hydrogens (tertiary/aromatic N) is 2. The van der Waals surface area contributed by atoms with E-state index >= 15 is 0 Å². The molecule has 1 aromatic carbocycles. The highest BCUT2D eigenvalue weighted by atomic mass is 16.5. The van der Waals surface area contributed by atoms with Gasteiger partial charge in [-0.25, -0.2) is 0 Å². The monoisotopic (exact) mass is 219 g/mol. The standard InChI is InChI=1S/C10H10N2O.C2H7N/c1-2-9-11-10(12-13-9)8-6-4-3-5-7-8;1-3-2/h3-7H,2H2,1H3;3H,1-2H3. The molecule has 0 amide bonds. The lowest BCUT2D eigenvalue weighted by molar-refractivity contribution is 0.383. The van der Waals surface area contributed by atoms with Gasteiger partial charge in [-0.3, -0.25) is 0 Å². The SMILES string of the molecule is CCc1nc(-c2ccccc2)no1.CNC. The van der Waals surface area contributed by atoms with Crippen LogP contribution in [0.2, 0.25) is 0 Å². The molecular weight excluding hydrogens is 202 g/mol. The minimum absolute atomic E-state index is 0.664. The van der Waals surface area contributed by atoms with Crippen LogP contribution in [0, 0.1) is 0 Å². The smallest absolute Gasteiger partial charge is 0.226 e. The van der Waals surface area contributed by atoms with Crippen molar-refractivity contribution in [3.05, 3.63) is 36.2 Å². The third-order valence-corrected chi connectivity index (χ3v) is 1.80. The fraction of sp³-hybridized carbons (Fsp3) is 0.333. The molecule has 0 bridgehead atoms. The molecule has 1 aromatic heterocycles. The number of nitrogens with one attached hydrogen (secondary N) is 1. The van der Waals surface area contributed by atoms with Crippen molar-refractivity contribution in [1.82, 2.24) is 15.5 Å². The lowest BCUT2D eigenvalue weighted by Gasteiger charge is -1.89. The molecule has 0 saturated heterocycles. The maximum absolute atomic E-state index is 5.01. The molecule has 1 N–H and O–H groups in total. The summed E-state index contributed by atoms with van der Waals surface area (Å²) in [5.74, 6) is 1.34. The van der Waals surface area contributed by atoms with E-state index in [9.17, 15) is 0 Å². The Morgan fingerprint density at radius 2 is 1.81 bits per heavy atom. The molecule has 4 nitrogen and oxygen atoms in total. The third-order valence-electron chi connectivity index (χ3n) is 1.80. The van der Waals surface area contributed by atoms with E-state index in [4.69, 9.17) is 4.52 Å². The summed E-state index contributed by atoms with van der Waals surface area (Å²) in [5, 5.41) is 6.62. The average Bonchev–Trinajstić information content (AvgIpc) is 2.80. The van der Waals surface area contributed by atoms with Gasteiger partial charge in [0.1, 0.15) is 0 Å². The second-order valence-corrected chi connectivity index (χ2v) is 3.23. The van der Waals surface area contributed by atoms with Gasteiger partial charge in [-0.05, 0) is 14.1 Å². The molecule has 2 aromatic rings. The van der Waals surface area contributed by atoms with Crippen LogP contribution in [0.5, 0.6) is 0 Å². The van der Waals surface area contributed by atoms with E-state index < -0.39 is 0 Å². The zero-order chi connectivity index (χ0) is 11.8. The Morgan fingerprint density at radius 1 is 1.19 bits per heavy atom. The van der Waals surface area contributed by atoms with Crippen LogP contribution >= 0.6 is 0 Å². The topological polar surface area (TPSA) is 51.0 Å². The summed E-state index contributed by atoms with van der Waals surface area (Å²) in [6.45, 7) is 1.99. The Hall–Kier alpha value is -1.68. The lowest BCUT2D eigenvalue weighted by atomic mass is 10.2. The van der Waals surface area contributed by atoms with Crippen LogP contribution in [-0.2, 0) is 6.42 Å². The van der Waals surface area contributed by atoms with Gasteiger partial charge >= 0.3 is 0 Å². The van der Waals surface area contributed by atoms with Gasteiger partial charge in [0.25, 0.3) is 0 Å². The minimum atomic E-state index is 0.664. The number of benzene rings is 1. The third kappa shape index (κ3) is 3.47.